The van der Waals surface area contributed by atoms with E-state index < -0.39 is 0 Å². The Balaban J connectivity index is 2.40. The Morgan fingerprint density at radius 3 is 2.68 bits per heavy atom. The zero-order valence-electron chi connectivity index (χ0n) is 10.2. The summed E-state index contributed by atoms with van der Waals surface area (Å²) in [6.07, 6.45) is 0. The molecule has 2 aromatic carbocycles. The van der Waals surface area contributed by atoms with Gasteiger partial charge in [0.2, 0.25) is 0 Å². The van der Waals surface area contributed by atoms with Crippen LogP contribution in [-0.4, -0.2) is 16.7 Å². The van der Waals surface area contributed by atoms with Crippen molar-refractivity contribution in [2.45, 2.75) is 0 Å². The number of para-hydroxylation sites is 2. The van der Waals surface area contributed by atoms with Gasteiger partial charge in [-0.05, 0) is 52.4 Å². The van der Waals surface area contributed by atoms with Crippen molar-refractivity contribution in [3.8, 4) is 11.4 Å². The van der Waals surface area contributed by atoms with E-state index in [1.54, 1.807) is 7.11 Å². The first-order valence-electron chi connectivity index (χ1n) is 5.75. The number of H-pyrrole nitrogens is 1. The van der Waals surface area contributed by atoms with E-state index in [0.717, 1.165) is 26.9 Å². The minimum Gasteiger partial charge on any atom is -0.494 e. The predicted octanol–water partition coefficient (Wildman–Crippen LogP) is 4.46. The Morgan fingerprint density at radius 1 is 1.16 bits per heavy atom. The molecule has 19 heavy (non-hydrogen) atoms. The minimum atomic E-state index is 0.645. The van der Waals surface area contributed by atoms with Gasteiger partial charge in [0.1, 0.15) is 11.3 Å². The number of nitrogens with one attached hydrogen (secondary N) is 1. The number of imidazole rings is 1. The summed E-state index contributed by atoms with van der Waals surface area (Å²) < 4.78 is 9.00. The normalized spacial score (nSPS) is 10.8. The molecule has 0 aliphatic rings. The lowest BCUT2D eigenvalue weighted by atomic mass is 10.2. The van der Waals surface area contributed by atoms with Crippen LogP contribution in [0.15, 0.2) is 46.9 Å². The number of rotatable bonds is 2. The number of halogens is 1. The van der Waals surface area contributed by atoms with Crippen molar-refractivity contribution in [2.24, 2.45) is 0 Å². The van der Waals surface area contributed by atoms with E-state index in [4.69, 9.17) is 17.0 Å². The number of aromatic nitrogens is 2. The smallest absolute Gasteiger partial charge is 0.182 e. The fraction of sp³-hybridized carbons (Fsp3) is 0.0714. The van der Waals surface area contributed by atoms with E-state index in [2.05, 4.69) is 20.9 Å². The number of hydrogen-bond acceptors (Lipinski definition) is 2. The summed E-state index contributed by atoms with van der Waals surface area (Å²) in [5.41, 5.74) is 2.91. The molecule has 0 saturated carbocycles. The molecule has 0 saturated heterocycles. The fourth-order valence-corrected chi connectivity index (χ4v) is 2.91. The zero-order valence-corrected chi connectivity index (χ0v) is 12.6. The maximum Gasteiger partial charge on any atom is 0.182 e. The van der Waals surface area contributed by atoms with Crippen LogP contribution in [0, 0.1) is 4.77 Å². The highest BCUT2D eigenvalue weighted by Gasteiger charge is 2.11. The maximum atomic E-state index is 5.43. The van der Waals surface area contributed by atoms with Gasteiger partial charge in [0.25, 0.3) is 0 Å². The Labute approximate surface area is 124 Å². The summed E-state index contributed by atoms with van der Waals surface area (Å²) >= 11 is 8.99. The first-order chi connectivity index (χ1) is 9.22. The molecule has 3 nitrogen and oxygen atoms in total. The molecule has 0 aliphatic carbocycles. The monoisotopic (exact) mass is 334 g/mol. The first kappa shape index (κ1) is 12.4. The molecule has 0 unspecified atom stereocenters. The molecule has 3 aromatic rings. The average molecular weight is 335 g/mol. The number of fused-ring (bicyclic) bond motifs is 1. The van der Waals surface area contributed by atoms with E-state index in [-0.39, 0.29) is 0 Å². The van der Waals surface area contributed by atoms with Gasteiger partial charge in [0.15, 0.2) is 4.77 Å². The van der Waals surface area contributed by atoms with Gasteiger partial charge in [-0.1, -0.05) is 18.2 Å². The number of aromatic amines is 1. The number of benzene rings is 2. The van der Waals surface area contributed by atoms with Gasteiger partial charge in [0, 0.05) is 4.47 Å². The van der Waals surface area contributed by atoms with Crippen LogP contribution in [0.2, 0.25) is 0 Å². The van der Waals surface area contributed by atoms with Gasteiger partial charge in [-0.15, -0.1) is 0 Å². The average Bonchev–Trinajstić information content (AvgIpc) is 2.75. The standard InChI is InChI=1S/C14H11BrN2OS/c1-18-12-8-4-7-11-13(12)16-14(19)17(11)10-6-3-2-5-9(10)15/h2-8H,1H3,(H,16,19). The molecule has 1 aromatic heterocycles. The Bertz CT molecular complexity index is 807. The van der Waals surface area contributed by atoms with Crippen molar-refractivity contribution < 1.29 is 4.74 Å². The topological polar surface area (TPSA) is 29.9 Å². The molecule has 0 spiro atoms. The molecule has 5 heteroatoms. The van der Waals surface area contributed by atoms with Gasteiger partial charge < -0.3 is 9.72 Å². The Morgan fingerprint density at radius 2 is 1.95 bits per heavy atom. The highest BCUT2D eigenvalue weighted by atomic mass is 79.9. The summed E-state index contributed by atoms with van der Waals surface area (Å²) in [4.78, 5) is 3.20. The predicted molar refractivity (Wildman–Crippen MR) is 82.7 cm³/mol. The molecule has 1 N–H and O–H groups in total. The number of hydrogen-bond donors (Lipinski definition) is 1. The number of nitrogens with zero attached hydrogens (tertiary/aromatic N) is 1. The van der Waals surface area contributed by atoms with E-state index >= 15 is 0 Å². The van der Waals surface area contributed by atoms with Crippen molar-refractivity contribution in [1.29, 1.82) is 0 Å². The molecule has 0 aliphatic heterocycles. The van der Waals surface area contributed by atoms with Crippen LogP contribution in [0.1, 0.15) is 0 Å². The third-order valence-electron chi connectivity index (χ3n) is 2.99. The lowest BCUT2D eigenvalue weighted by molar-refractivity contribution is 0.419. The van der Waals surface area contributed by atoms with Gasteiger partial charge in [-0.3, -0.25) is 4.57 Å². The van der Waals surface area contributed by atoms with Crippen molar-refractivity contribution in [3.05, 3.63) is 51.7 Å². The van der Waals surface area contributed by atoms with Crippen LogP contribution in [0.3, 0.4) is 0 Å². The van der Waals surface area contributed by atoms with Crippen molar-refractivity contribution in [2.75, 3.05) is 7.11 Å². The van der Waals surface area contributed by atoms with Gasteiger partial charge >= 0.3 is 0 Å². The zero-order chi connectivity index (χ0) is 13.4. The lowest BCUT2D eigenvalue weighted by Gasteiger charge is -2.07. The Kier molecular flexibility index (Phi) is 3.16. The second-order valence-corrected chi connectivity index (χ2v) is 5.31. The number of ether oxygens (including phenoxy) is 1. The summed E-state index contributed by atoms with van der Waals surface area (Å²) in [6, 6.07) is 13.9. The largest absolute Gasteiger partial charge is 0.494 e. The molecule has 0 bridgehead atoms. The SMILES string of the molecule is COc1cccc2c1[nH]c(=S)n2-c1ccccc1Br. The highest BCUT2D eigenvalue weighted by Crippen LogP contribution is 2.29. The summed E-state index contributed by atoms with van der Waals surface area (Å²) in [6.45, 7) is 0. The van der Waals surface area contributed by atoms with Crippen LogP contribution >= 0.6 is 28.1 Å². The maximum absolute atomic E-state index is 5.43. The molecular formula is C14H11BrN2OS. The molecular weight excluding hydrogens is 324 g/mol. The van der Waals surface area contributed by atoms with Crippen LogP contribution in [-0.2, 0) is 0 Å². The van der Waals surface area contributed by atoms with E-state index in [9.17, 15) is 0 Å². The van der Waals surface area contributed by atoms with Crippen LogP contribution in [0.4, 0.5) is 0 Å². The van der Waals surface area contributed by atoms with Crippen molar-refractivity contribution >= 4 is 39.2 Å². The molecule has 3 rings (SSSR count). The van der Waals surface area contributed by atoms with Crippen LogP contribution in [0.25, 0.3) is 16.7 Å². The quantitative estimate of drug-likeness (QED) is 0.701. The molecule has 96 valence electrons. The van der Waals surface area contributed by atoms with Gasteiger partial charge in [0.05, 0.1) is 18.3 Å². The van der Waals surface area contributed by atoms with E-state index in [0.29, 0.717) is 4.77 Å². The third kappa shape index (κ3) is 1.99. The second-order valence-electron chi connectivity index (χ2n) is 4.07. The fourth-order valence-electron chi connectivity index (χ4n) is 2.15. The Hall–Kier alpha value is -1.59. The minimum absolute atomic E-state index is 0.645. The first-order valence-corrected chi connectivity index (χ1v) is 6.95. The third-order valence-corrected chi connectivity index (χ3v) is 3.95. The molecule has 0 radical (unpaired) electrons. The molecule has 0 atom stereocenters. The molecule has 0 amide bonds. The highest BCUT2D eigenvalue weighted by molar-refractivity contribution is 9.10. The van der Waals surface area contributed by atoms with Gasteiger partial charge in [-0.2, -0.15) is 0 Å². The molecule has 0 fully saturated rings. The van der Waals surface area contributed by atoms with E-state index in [1.165, 1.54) is 0 Å². The van der Waals surface area contributed by atoms with Crippen LogP contribution < -0.4 is 4.74 Å². The summed E-state index contributed by atoms with van der Waals surface area (Å²) in [5.74, 6) is 0.786. The van der Waals surface area contributed by atoms with Crippen molar-refractivity contribution in [1.82, 2.24) is 9.55 Å². The van der Waals surface area contributed by atoms with Crippen molar-refractivity contribution in [3.63, 3.8) is 0 Å². The summed E-state index contributed by atoms with van der Waals surface area (Å²) in [5, 5.41) is 0. The second kappa shape index (κ2) is 4.83. The summed E-state index contributed by atoms with van der Waals surface area (Å²) in [7, 11) is 1.65. The lowest BCUT2D eigenvalue weighted by Crippen LogP contribution is -1.94. The van der Waals surface area contributed by atoms with E-state index in [1.807, 2.05) is 47.0 Å². The van der Waals surface area contributed by atoms with Crippen LogP contribution in [0.5, 0.6) is 5.75 Å². The number of methoxy groups -OCH3 is 1. The molecule has 1 heterocycles. The van der Waals surface area contributed by atoms with Gasteiger partial charge in [-0.25, -0.2) is 0 Å².